The van der Waals surface area contributed by atoms with E-state index in [1.165, 1.54) is 10.4 Å². The van der Waals surface area contributed by atoms with Gasteiger partial charge < -0.3 is 4.90 Å². The van der Waals surface area contributed by atoms with Crippen LogP contribution in [0.1, 0.15) is 17.5 Å². The number of carbonyl (C=O) groups excluding carboxylic acids is 1. The molecule has 1 fully saturated rings. The second kappa shape index (κ2) is 8.15. The molecule has 0 atom stereocenters. The van der Waals surface area contributed by atoms with E-state index in [0.717, 1.165) is 11.1 Å². The highest BCUT2D eigenvalue weighted by atomic mass is 35.5. The van der Waals surface area contributed by atoms with E-state index >= 15 is 0 Å². The van der Waals surface area contributed by atoms with E-state index in [-0.39, 0.29) is 11.7 Å². The van der Waals surface area contributed by atoms with E-state index in [4.69, 9.17) is 11.6 Å². The lowest BCUT2D eigenvalue weighted by Crippen LogP contribution is -2.24. The van der Waals surface area contributed by atoms with Crippen LogP contribution in [0.4, 0.5) is 5.69 Å². The summed E-state index contributed by atoms with van der Waals surface area (Å²) >= 11 is 5.87. The van der Waals surface area contributed by atoms with E-state index in [1.807, 2.05) is 24.3 Å². The Labute approximate surface area is 164 Å². The zero-order valence-electron chi connectivity index (χ0n) is 15.0. The van der Waals surface area contributed by atoms with E-state index in [2.05, 4.69) is 0 Å². The number of carbonyl (C=O) groups is 1. The third-order valence-electron chi connectivity index (χ3n) is 4.41. The lowest BCUT2D eigenvalue weighted by Gasteiger charge is -2.17. The van der Waals surface area contributed by atoms with Gasteiger partial charge in [-0.3, -0.25) is 9.10 Å². The zero-order chi connectivity index (χ0) is 19.4. The second-order valence-electron chi connectivity index (χ2n) is 6.49. The molecule has 7 heteroatoms. The highest BCUT2D eigenvalue weighted by molar-refractivity contribution is 7.93. The number of hydrogen-bond acceptors (Lipinski definition) is 3. The van der Waals surface area contributed by atoms with Gasteiger partial charge in [-0.15, -0.1) is 0 Å². The van der Waals surface area contributed by atoms with Crippen LogP contribution in [0.3, 0.4) is 0 Å². The van der Waals surface area contributed by atoms with Gasteiger partial charge in [0.05, 0.1) is 11.4 Å². The molecule has 2 aromatic rings. The Balaban J connectivity index is 1.61. The fourth-order valence-electron chi connectivity index (χ4n) is 2.92. The van der Waals surface area contributed by atoms with E-state index in [9.17, 15) is 13.2 Å². The number of hydrogen-bond donors (Lipinski definition) is 0. The predicted molar refractivity (Wildman–Crippen MR) is 109 cm³/mol. The largest absolute Gasteiger partial charge is 0.338 e. The van der Waals surface area contributed by atoms with Gasteiger partial charge in [0, 0.05) is 31.2 Å². The fourth-order valence-corrected chi connectivity index (χ4v) is 4.61. The van der Waals surface area contributed by atoms with Gasteiger partial charge in [-0.1, -0.05) is 35.9 Å². The quantitative estimate of drug-likeness (QED) is 0.716. The summed E-state index contributed by atoms with van der Waals surface area (Å²) in [6.45, 7) is 1.01. The normalized spacial score (nSPS) is 16.0. The lowest BCUT2D eigenvalue weighted by molar-refractivity contribution is -0.125. The number of nitrogens with zero attached hydrogens (tertiary/aromatic N) is 2. The Morgan fingerprint density at radius 1 is 1.15 bits per heavy atom. The van der Waals surface area contributed by atoms with Gasteiger partial charge >= 0.3 is 0 Å². The van der Waals surface area contributed by atoms with Crippen LogP contribution in [-0.4, -0.2) is 38.6 Å². The molecule has 0 saturated carbocycles. The third-order valence-corrected chi connectivity index (χ3v) is 6.53. The Bertz CT molecular complexity index is 938. The molecule has 0 radical (unpaired) electrons. The highest BCUT2D eigenvalue weighted by Crippen LogP contribution is 2.24. The first-order valence-corrected chi connectivity index (χ1v) is 10.6. The van der Waals surface area contributed by atoms with Gasteiger partial charge in [0.2, 0.25) is 15.9 Å². The van der Waals surface area contributed by atoms with Gasteiger partial charge in [-0.05, 0) is 47.9 Å². The van der Waals surface area contributed by atoms with Crippen molar-refractivity contribution in [2.24, 2.45) is 0 Å². The molecule has 1 aliphatic heterocycles. The minimum Gasteiger partial charge on any atom is -0.338 e. The van der Waals surface area contributed by atoms with Gasteiger partial charge in [0.25, 0.3) is 0 Å². The number of sulfonamides is 1. The molecule has 5 nitrogen and oxygen atoms in total. The standard InChI is InChI=1S/C20H21ClN2O3S/c1-22(15-17-3-8-18(21)9-4-17)20(24)12-7-16-5-10-19(11-6-16)23-13-2-14-27(23,25)26/h3-12H,2,13-15H2,1H3/b12-7+. The van der Waals surface area contributed by atoms with Crippen molar-refractivity contribution >= 4 is 39.3 Å². The van der Waals surface area contributed by atoms with Crippen molar-refractivity contribution in [1.29, 1.82) is 0 Å². The van der Waals surface area contributed by atoms with Gasteiger partial charge in [-0.2, -0.15) is 0 Å². The molecule has 0 aliphatic carbocycles. The van der Waals surface area contributed by atoms with Crippen molar-refractivity contribution in [2.45, 2.75) is 13.0 Å². The van der Waals surface area contributed by atoms with Crippen LogP contribution in [0.25, 0.3) is 6.08 Å². The van der Waals surface area contributed by atoms with Gasteiger partial charge in [-0.25, -0.2) is 8.42 Å². The fraction of sp³-hybridized carbons (Fsp3) is 0.250. The molecule has 1 saturated heterocycles. The Morgan fingerprint density at radius 3 is 2.41 bits per heavy atom. The maximum atomic E-state index is 12.3. The SMILES string of the molecule is CN(Cc1ccc(Cl)cc1)C(=O)/C=C/c1ccc(N2CCCS2(=O)=O)cc1. The minimum absolute atomic E-state index is 0.115. The molecule has 1 aliphatic rings. The van der Waals surface area contributed by atoms with Crippen LogP contribution in [0.15, 0.2) is 54.6 Å². The molecule has 142 valence electrons. The topological polar surface area (TPSA) is 57.7 Å². The molecular formula is C20H21ClN2O3S. The number of benzene rings is 2. The number of likely N-dealkylation sites (N-methyl/N-ethyl adjacent to an activating group) is 1. The average Bonchev–Trinajstić information content (AvgIpc) is 3.01. The molecule has 0 aromatic heterocycles. The van der Waals surface area contributed by atoms with Crippen LogP contribution in [0.2, 0.25) is 5.02 Å². The first-order valence-electron chi connectivity index (χ1n) is 8.63. The first kappa shape index (κ1) is 19.5. The molecule has 27 heavy (non-hydrogen) atoms. The molecule has 1 amide bonds. The number of halogens is 1. The summed E-state index contributed by atoms with van der Waals surface area (Å²) in [6, 6.07) is 14.5. The Kier molecular flexibility index (Phi) is 5.87. The van der Waals surface area contributed by atoms with E-state index in [1.54, 1.807) is 42.3 Å². The summed E-state index contributed by atoms with van der Waals surface area (Å²) in [5.74, 6) is 0.0829. The maximum Gasteiger partial charge on any atom is 0.246 e. The van der Waals surface area contributed by atoms with Crippen LogP contribution < -0.4 is 4.31 Å². The molecule has 0 bridgehead atoms. The summed E-state index contributed by atoms with van der Waals surface area (Å²) in [5, 5.41) is 0.665. The Morgan fingerprint density at radius 2 is 1.81 bits per heavy atom. The molecule has 0 N–H and O–H groups in total. The molecule has 0 spiro atoms. The number of rotatable bonds is 5. The summed E-state index contributed by atoms with van der Waals surface area (Å²) in [5.41, 5.74) is 2.50. The van der Waals surface area contributed by atoms with E-state index in [0.29, 0.717) is 30.2 Å². The summed E-state index contributed by atoms with van der Waals surface area (Å²) in [4.78, 5) is 13.9. The highest BCUT2D eigenvalue weighted by Gasteiger charge is 2.28. The Hall–Kier alpha value is -2.31. The van der Waals surface area contributed by atoms with Crippen molar-refractivity contribution in [2.75, 3.05) is 23.7 Å². The predicted octanol–water partition coefficient (Wildman–Crippen LogP) is 3.55. The smallest absolute Gasteiger partial charge is 0.246 e. The molecule has 2 aromatic carbocycles. The lowest BCUT2D eigenvalue weighted by atomic mass is 10.2. The van der Waals surface area contributed by atoms with Crippen molar-refractivity contribution < 1.29 is 13.2 Å². The molecule has 1 heterocycles. The third kappa shape index (κ3) is 4.90. The van der Waals surface area contributed by atoms with Crippen LogP contribution in [-0.2, 0) is 21.4 Å². The van der Waals surface area contributed by atoms with Crippen molar-refractivity contribution in [3.8, 4) is 0 Å². The maximum absolute atomic E-state index is 12.3. The van der Waals surface area contributed by atoms with Crippen molar-refractivity contribution in [3.63, 3.8) is 0 Å². The van der Waals surface area contributed by atoms with Crippen LogP contribution in [0.5, 0.6) is 0 Å². The number of amides is 1. The van der Waals surface area contributed by atoms with Crippen molar-refractivity contribution in [3.05, 3.63) is 70.8 Å². The summed E-state index contributed by atoms with van der Waals surface area (Å²) in [7, 11) is -1.44. The summed E-state index contributed by atoms with van der Waals surface area (Å²) < 4.78 is 25.4. The van der Waals surface area contributed by atoms with Crippen LogP contribution >= 0.6 is 11.6 Å². The average molecular weight is 405 g/mol. The molecule has 3 rings (SSSR count). The monoisotopic (exact) mass is 404 g/mol. The second-order valence-corrected chi connectivity index (χ2v) is 8.94. The zero-order valence-corrected chi connectivity index (χ0v) is 16.6. The number of anilines is 1. The first-order chi connectivity index (χ1) is 12.8. The minimum atomic E-state index is -3.18. The molecular weight excluding hydrogens is 384 g/mol. The summed E-state index contributed by atoms with van der Waals surface area (Å²) in [6.07, 6.45) is 3.89. The van der Waals surface area contributed by atoms with Crippen molar-refractivity contribution in [1.82, 2.24) is 4.90 Å². The van der Waals surface area contributed by atoms with E-state index < -0.39 is 10.0 Å². The van der Waals surface area contributed by atoms with Crippen LogP contribution in [0, 0.1) is 0 Å². The van der Waals surface area contributed by atoms with Gasteiger partial charge in [0.15, 0.2) is 0 Å². The van der Waals surface area contributed by atoms with Gasteiger partial charge in [0.1, 0.15) is 0 Å². The molecule has 0 unspecified atom stereocenters.